The van der Waals surface area contributed by atoms with Gasteiger partial charge in [-0.1, -0.05) is 127 Å². The molecule has 0 saturated carbocycles. The molecule has 0 aliphatic heterocycles. The van der Waals surface area contributed by atoms with Crippen molar-refractivity contribution in [2.45, 2.75) is 0 Å². The molecule has 1 aromatic heterocycles. The van der Waals surface area contributed by atoms with Crippen molar-refractivity contribution in [3.8, 4) is 33.4 Å². The van der Waals surface area contributed by atoms with E-state index in [-0.39, 0.29) is 0 Å². The van der Waals surface area contributed by atoms with E-state index in [0.29, 0.717) is 0 Å². The molecule has 0 bridgehead atoms. The average molecular weight is 587 g/mol. The van der Waals surface area contributed by atoms with Crippen molar-refractivity contribution in [2.75, 3.05) is 0 Å². The quantitative estimate of drug-likeness (QED) is 0.143. The first-order chi connectivity index (χ1) is 22.3. The summed E-state index contributed by atoms with van der Waals surface area (Å²) < 4.78 is 2.72. The molecule has 0 spiro atoms. The number of hydrogen-bond donors (Lipinski definition) is 0. The predicted octanol–water partition coefficient (Wildman–Crippen LogP) is 13.1. The summed E-state index contributed by atoms with van der Waals surface area (Å²) in [6, 6.07) is 58.5. The molecule has 208 valence electrons. The van der Waals surface area contributed by atoms with E-state index in [1.807, 2.05) is 11.3 Å². The Balaban J connectivity index is 1.28. The van der Waals surface area contributed by atoms with Crippen molar-refractivity contribution in [3.05, 3.63) is 158 Å². The molecule has 0 unspecified atom stereocenters. The topological polar surface area (TPSA) is 0 Å². The third kappa shape index (κ3) is 3.65. The second kappa shape index (κ2) is 9.50. The Bertz CT molecular complexity index is 2700. The molecule has 10 rings (SSSR count). The fourth-order valence-electron chi connectivity index (χ4n) is 7.63. The zero-order chi connectivity index (χ0) is 29.5. The lowest BCUT2D eigenvalue weighted by atomic mass is 9.83. The van der Waals surface area contributed by atoms with E-state index >= 15 is 0 Å². The highest BCUT2D eigenvalue weighted by molar-refractivity contribution is 7.26. The fraction of sp³-hybridized carbons (Fsp3) is 0. The molecule has 0 radical (unpaired) electrons. The summed E-state index contributed by atoms with van der Waals surface area (Å²) in [5, 5.41) is 13.1. The molecule has 9 aromatic carbocycles. The summed E-state index contributed by atoms with van der Waals surface area (Å²) in [4.78, 5) is 0. The third-order valence-corrected chi connectivity index (χ3v) is 10.7. The molecular weight excluding hydrogens is 561 g/mol. The van der Waals surface area contributed by atoms with E-state index in [4.69, 9.17) is 0 Å². The van der Waals surface area contributed by atoms with E-state index < -0.39 is 0 Å². The maximum Gasteiger partial charge on any atom is 0.0361 e. The lowest BCUT2D eigenvalue weighted by molar-refractivity contribution is 1.63. The molecule has 0 atom stereocenters. The van der Waals surface area contributed by atoms with Crippen molar-refractivity contribution >= 4 is 74.6 Å². The SMILES string of the molecule is c1cc(-c2ccc3ccccc3c2)cc(-c2c3ccccc3c(-c3cc4cccc5sc6cccc3c6c45)c3ccccc23)c1. The highest BCUT2D eigenvalue weighted by Crippen LogP contribution is 2.49. The van der Waals surface area contributed by atoms with E-state index in [1.54, 1.807) is 0 Å². The Kier molecular flexibility index (Phi) is 5.25. The zero-order valence-electron chi connectivity index (χ0n) is 24.4. The van der Waals surface area contributed by atoms with Crippen LogP contribution < -0.4 is 0 Å². The molecule has 0 fully saturated rings. The third-order valence-electron chi connectivity index (χ3n) is 9.58. The van der Waals surface area contributed by atoms with Gasteiger partial charge in [-0.3, -0.25) is 0 Å². The molecule has 0 N–H and O–H groups in total. The maximum atomic E-state index is 2.44. The molecule has 45 heavy (non-hydrogen) atoms. The number of rotatable bonds is 3. The van der Waals surface area contributed by atoms with Gasteiger partial charge in [0.2, 0.25) is 0 Å². The summed E-state index contributed by atoms with van der Waals surface area (Å²) in [6.45, 7) is 0. The van der Waals surface area contributed by atoms with Crippen molar-refractivity contribution in [3.63, 3.8) is 0 Å². The monoisotopic (exact) mass is 586 g/mol. The van der Waals surface area contributed by atoms with Crippen LogP contribution in [-0.2, 0) is 0 Å². The van der Waals surface area contributed by atoms with E-state index in [2.05, 4.69) is 158 Å². The first-order valence-electron chi connectivity index (χ1n) is 15.5. The molecular formula is C44H26S. The Morgan fingerprint density at radius 3 is 1.64 bits per heavy atom. The number of hydrogen-bond acceptors (Lipinski definition) is 1. The Morgan fingerprint density at radius 1 is 0.311 bits per heavy atom. The van der Waals surface area contributed by atoms with Gasteiger partial charge in [0.05, 0.1) is 0 Å². The summed E-state index contributed by atoms with van der Waals surface area (Å²) >= 11 is 1.90. The Morgan fingerprint density at radius 2 is 0.867 bits per heavy atom. The van der Waals surface area contributed by atoms with Crippen LogP contribution in [0.5, 0.6) is 0 Å². The van der Waals surface area contributed by atoms with Gasteiger partial charge in [-0.15, -0.1) is 11.3 Å². The summed E-state index contributed by atoms with van der Waals surface area (Å²) in [7, 11) is 0. The lowest BCUT2D eigenvalue weighted by Crippen LogP contribution is -1.92. The molecule has 0 aliphatic rings. The minimum Gasteiger partial charge on any atom is -0.135 e. The van der Waals surface area contributed by atoms with Crippen LogP contribution in [0.2, 0.25) is 0 Å². The van der Waals surface area contributed by atoms with Crippen LogP contribution in [0.25, 0.3) is 96.6 Å². The zero-order valence-corrected chi connectivity index (χ0v) is 25.2. The average Bonchev–Trinajstić information content (AvgIpc) is 3.49. The van der Waals surface area contributed by atoms with Crippen LogP contribution in [-0.4, -0.2) is 0 Å². The van der Waals surface area contributed by atoms with Crippen LogP contribution in [0.4, 0.5) is 0 Å². The fourth-order valence-corrected chi connectivity index (χ4v) is 8.80. The summed E-state index contributed by atoms with van der Waals surface area (Å²) in [5.41, 5.74) is 7.63. The Hall–Kier alpha value is -5.50. The van der Waals surface area contributed by atoms with E-state index in [9.17, 15) is 0 Å². The predicted molar refractivity (Wildman–Crippen MR) is 197 cm³/mol. The van der Waals surface area contributed by atoms with Crippen LogP contribution in [0.15, 0.2) is 158 Å². The van der Waals surface area contributed by atoms with Gasteiger partial charge in [0.1, 0.15) is 0 Å². The number of fused-ring (bicyclic) bond motifs is 3. The molecule has 0 amide bonds. The van der Waals surface area contributed by atoms with E-state index in [0.717, 1.165) is 0 Å². The van der Waals surface area contributed by atoms with Gasteiger partial charge in [-0.05, 0) is 107 Å². The van der Waals surface area contributed by atoms with Crippen LogP contribution >= 0.6 is 11.3 Å². The van der Waals surface area contributed by atoms with Gasteiger partial charge in [-0.25, -0.2) is 0 Å². The van der Waals surface area contributed by atoms with E-state index in [1.165, 1.54) is 96.6 Å². The largest absolute Gasteiger partial charge is 0.135 e. The summed E-state index contributed by atoms with van der Waals surface area (Å²) in [5.74, 6) is 0. The first-order valence-corrected chi connectivity index (χ1v) is 16.3. The highest BCUT2D eigenvalue weighted by Gasteiger charge is 2.21. The normalized spacial score (nSPS) is 12.0. The van der Waals surface area contributed by atoms with Crippen molar-refractivity contribution < 1.29 is 0 Å². The molecule has 0 nitrogen and oxygen atoms in total. The minimum atomic E-state index is 1.23. The molecule has 1 heterocycles. The number of thiophene rings is 1. The van der Waals surface area contributed by atoms with Crippen molar-refractivity contribution in [2.24, 2.45) is 0 Å². The van der Waals surface area contributed by atoms with Gasteiger partial charge in [0.15, 0.2) is 0 Å². The maximum absolute atomic E-state index is 2.44. The lowest BCUT2D eigenvalue weighted by Gasteiger charge is -2.19. The van der Waals surface area contributed by atoms with Crippen LogP contribution in [0.3, 0.4) is 0 Å². The highest BCUT2D eigenvalue weighted by atomic mass is 32.1. The van der Waals surface area contributed by atoms with Gasteiger partial charge in [-0.2, -0.15) is 0 Å². The second-order valence-electron chi connectivity index (χ2n) is 12.0. The van der Waals surface area contributed by atoms with Crippen molar-refractivity contribution in [1.29, 1.82) is 0 Å². The smallest absolute Gasteiger partial charge is 0.0361 e. The van der Waals surface area contributed by atoms with Gasteiger partial charge in [0, 0.05) is 20.2 Å². The first kappa shape index (κ1) is 24.9. The van der Waals surface area contributed by atoms with Crippen molar-refractivity contribution in [1.82, 2.24) is 0 Å². The van der Waals surface area contributed by atoms with Gasteiger partial charge >= 0.3 is 0 Å². The van der Waals surface area contributed by atoms with Gasteiger partial charge in [0.25, 0.3) is 0 Å². The van der Waals surface area contributed by atoms with Crippen LogP contribution in [0.1, 0.15) is 0 Å². The Labute approximate surface area is 264 Å². The molecule has 10 aromatic rings. The minimum absolute atomic E-state index is 1.23. The number of benzene rings is 9. The standard InChI is InChI=1S/C44H26S/c1-2-11-28-24-30(23-22-27(28)10-1)29-12-7-13-31(25-29)41-33-15-3-5-17-35(33)43(36-18-6-4-16-34(36)41)38-26-32-14-8-20-39-42(32)44-37(38)19-9-21-40(44)45-39/h1-26H. The molecule has 0 aliphatic carbocycles. The van der Waals surface area contributed by atoms with Crippen LogP contribution in [0, 0.1) is 0 Å². The summed E-state index contributed by atoms with van der Waals surface area (Å²) in [6.07, 6.45) is 0. The van der Waals surface area contributed by atoms with Gasteiger partial charge < -0.3 is 0 Å². The second-order valence-corrected chi connectivity index (χ2v) is 13.1. The molecule has 1 heteroatoms. The molecule has 0 saturated heterocycles.